The van der Waals surface area contributed by atoms with Crippen molar-refractivity contribution in [1.82, 2.24) is 24.6 Å². The first kappa shape index (κ1) is 24.0. The number of amides is 1. The van der Waals surface area contributed by atoms with E-state index in [0.29, 0.717) is 22.0 Å². The number of nitrogens with one attached hydrogen (secondary N) is 1. The number of imidazole rings is 1. The maximum absolute atomic E-state index is 14.7. The van der Waals surface area contributed by atoms with Gasteiger partial charge in [0.25, 0.3) is 11.5 Å². The maximum Gasteiger partial charge on any atom is 0.449 e. The number of hydrogen-bond donors (Lipinski definition) is 1. The van der Waals surface area contributed by atoms with Crippen molar-refractivity contribution in [1.29, 1.82) is 0 Å². The van der Waals surface area contributed by atoms with Crippen molar-refractivity contribution in [2.45, 2.75) is 31.6 Å². The topological polar surface area (TPSA) is 83.9 Å². The predicted octanol–water partition coefficient (Wildman–Crippen LogP) is 4.26. The maximum atomic E-state index is 14.7. The van der Waals surface area contributed by atoms with Crippen molar-refractivity contribution in [3.05, 3.63) is 92.7 Å². The van der Waals surface area contributed by atoms with Crippen molar-refractivity contribution >= 4 is 28.3 Å². The van der Waals surface area contributed by atoms with E-state index in [4.69, 9.17) is 11.6 Å². The van der Waals surface area contributed by atoms with Gasteiger partial charge in [-0.05, 0) is 23.8 Å². The smallest absolute Gasteiger partial charge is 0.331 e. The van der Waals surface area contributed by atoms with E-state index in [0.717, 1.165) is 10.6 Å². The second kappa shape index (κ2) is 9.05. The Bertz CT molecular complexity index is 1550. The lowest BCUT2D eigenvalue weighted by Gasteiger charge is -2.30. The van der Waals surface area contributed by atoms with Gasteiger partial charge in [-0.25, -0.2) is 14.5 Å². The molecule has 1 amide bonds. The summed E-state index contributed by atoms with van der Waals surface area (Å²) in [4.78, 5) is 30.2. The highest BCUT2D eigenvalue weighted by Crippen LogP contribution is 2.33. The van der Waals surface area contributed by atoms with E-state index >= 15 is 0 Å². The summed E-state index contributed by atoms with van der Waals surface area (Å²) in [6, 6.07) is 11.0. The molecule has 1 aliphatic heterocycles. The van der Waals surface area contributed by atoms with Crippen LogP contribution in [0.4, 0.5) is 17.6 Å². The summed E-state index contributed by atoms with van der Waals surface area (Å²) >= 11 is 5.81. The number of aromatic nitrogens is 4. The van der Waals surface area contributed by atoms with Gasteiger partial charge in [-0.1, -0.05) is 24.3 Å². The fraction of sp³-hybridized carbons (Fsp3) is 0.250. The second-order valence-electron chi connectivity index (χ2n) is 8.37. The lowest BCUT2D eigenvalue weighted by molar-refractivity contribution is -0.147. The van der Waals surface area contributed by atoms with Crippen molar-refractivity contribution in [2.24, 2.45) is 0 Å². The fourth-order valence-corrected chi connectivity index (χ4v) is 4.66. The van der Waals surface area contributed by atoms with Gasteiger partial charge in [0, 0.05) is 24.9 Å². The molecule has 1 aliphatic rings. The van der Waals surface area contributed by atoms with Crippen molar-refractivity contribution < 1.29 is 22.4 Å². The number of aromatic amines is 1. The van der Waals surface area contributed by atoms with Gasteiger partial charge in [0.1, 0.15) is 5.82 Å². The van der Waals surface area contributed by atoms with E-state index in [9.17, 15) is 27.2 Å². The summed E-state index contributed by atoms with van der Waals surface area (Å²) < 4.78 is 55.8. The minimum absolute atomic E-state index is 0.0340. The third-order valence-electron chi connectivity index (χ3n) is 6.16. The largest absolute Gasteiger partial charge is 0.449 e. The van der Waals surface area contributed by atoms with Crippen LogP contribution in [0.2, 0.25) is 0 Å². The minimum Gasteiger partial charge on any atom is -0.331 e. The molecule has 12 heteroatoms. The van der Waals surface area contributed by atoms with Gasteiger partial charge < -0.3 is 9.47 Å². The van der Waals surface area contributed by atoms with Crippen LogP contribution in [0.25, 0.3) is 10.8 Å². The van der Waals surface area contributed by atoms with E-state index in [1.165, 1.54) is 17.0 Å². The molecule has 0 aliphatic carbocycles. The summed E-state index contributed by atoms with van der Waals surface area (Å²) in [5, 5.41) is 7.65. The van der Waals surface area contributed by atoms with Gasteiger partial charge >= 0.3 is 6.18 Å². The molecule has 0 spiro atoms. The zero-order chi connectivity index (χ0) is 25.6. The molecular weight excluding hydrogens is 502 g/mol. The number of hydrogen-bond acceptors (Lipinski definition) is 4. The van der Waals surface area contributed by atoms with Crippen molar-refractivity contribution in [3.63, 3.8) is 0 Å². The molecular formula is C24H18ClF4N5O2. The number of carbonyl (C=O) groups is 1. The molecule has 186 valence electrons. The molecule has 0 saturated heterocycles. The molecule has 0 saturated carbocycles. The number of fused-ring (bicyclic) bond motifs is 2. The number of alkyl halides is 4. The van der Waals surface area contributed by atoms with Crippen LogP contribution in [0.5, 0.6) is 0 Å². The van der Waals surface area contributed by atoms with Crippen LogP contribution in [0, 0.1) is 5.82 Å². The highest BCUT2D eigenvalue weighted by Gasteiger charge is 2.40. The minimum atomic E-state index is -4.66. The number of rotatable bonds is 4. The predicted molar refractivity (Wildman–Crippen MR) is 123 cm³/mol. The van der Waals surface area contributed by atoms with E-state index in [-0.39, 0.29) is 54.4 Å². The third kappa shape index (κ3) is 4.23. The number of halogens is 5. The lowest BCUT2D eigenvalue weighted by Crippen LogP contribution is -2.39. The zero-order valence-electron chi connectivity index (χ0n) is 18.6. The van der Waals surface area contributed by atoms with Crippen LogP contribution in [-0.4, -0.2) is 37.1 Å². The summed E-state index contributed by atoms with van der Waals surface area (Å²) in [6.45, 7) is -0.378. The van der Waals surface area contributed by atoms with Crippen LogP contribution in [-0.2, 0) is 31.6 Å². The Hall–Kier alpha value is -3.73. The quantitative estimate of drug-likeness (QED) is 0.322. The summed E-state index contributed by atoms with van der Waals surface area (Å²) in [7, 11) is 0. The molecule has 1 N–H and O–H groups in total. The molecule has 2 aromatic carbocycles. The van der Waals surface area contributed by atoms with Gasteiger partial charge in [-0.2, -0.15) is 18.3 Å². The highest BCUT2D eigenvalue weighted by molar-refractivity contribution is 6.17. The van der Waals surface area contributed by atoms with Crippen LogP contribution >= 0.6 is 11.6 Å². The fourth-order valence-electron chi connectivity index (χ4n) is 4.45. The van der Waals surface area contributed by atoms with E-state index in [1.807, 2.05) is 0 Å². The third-order valence-corrected chi connectivity index (χ3v) is 6.42. The Morgan fingerprint density at radius 3 is 2.56 bits per heavy atom. The van der Waals surface area contributed by atoms with Gasteiger partial charge in [-0.15, -0.1) is 11.6 Å². The molecule has 0 unspecified atom stereocenters. The average Bonchev–Trinajstić information content (AvgIpc) is 3.25. The van der Waals surface area contributed by atoms with Gasteiger partial charge in [-0.3, -0.25) is 9.59 Å². The van der Waals surface area contributed by atoms with Crippen LogP contribution in [0.1, 0.15) is 38.8 Å². The Balaban J connectivity index is 1.44. The molecule has 5 rings (SSSR count). The molecule has 0 fully saturated rings. The van der Waals surface area contributed by atoms with E-state index in [2.05, 4.69) is 15.2 Å². The van der Waals surface area contributed by atoms with Crippen LogP contribution in [0.3, 0.4) is 0 Å². The monoisotopic (exact) mass is 519 g/mol. The Kier molecular flexibility index (Phi) is 6.03. The number of benzene rings is 2. The van der Waals surface area contributed by atoms with Gasteiger partial charge in [0.15, 0.2) is 0 Å². The Morgan fingerprint density at radius 1 is 1.08 bits per heavy atom. The molecule has 2 aromatic heterocycles. The molecule has 0 bridgehead atoms. The molecule has 36 heavy (non-hydrogen) atoms. The molecule has 0 radical (unpaired) electrons. The summed E-state index contributed by atoms with van der Waals surface area (Å²) in [5.41, 5.74) is 0.788. The number of carbonyl (C=O) groups excluding carboxylic acids is 1. The van der Waals surface area contributed by atoms with Crippen LogP contribution in [0.15, 0.2) is 47.3 Å². The SMILES string of the molecule is O=C(c1cc(Cc2n[nH]c(=O)c3ccccc23)ccc1F)N1CCn2c(C(F)(F)F)nc(CCl)c2C1. The first-order valence-corrected chi connectivity index (χ1v) is 11.5. The standard InChI is InChI=1S/C24H18ClF4N5O2/c25-11-19-20-12-33(7-8-34(20)23(30-19)24(27,28)29)22(36)16-9-13(5-6-17(16)26)10-18-14-3-1-2-4-15(14)21(35)32-31-18/h1-6,9H,7-8,10-12H2,(H,32,35). The molecule has 3 heterocycles. The lowest BCUT2D eigenvalue weighted by atomic mass is 10.0. The van der Waals surface area contributed by atoms with Crippen molar-refractivity contribution in [3.8, 4) is 0 Å². The number of nitrogens with zero attached hydrogens (tertiary/aromatic N) is 4. The van der Waals surface area contributed by atoms with E-state index in [1.54, 1.807) is 24.3 Å². The first-order valence-electron chi connectivity index (χ1n) is 10.9. The first-order chi connectivity index (χ1) is 17.2. The zero-order valence-corrected chi connectivity index (χ0v) is 19.3. The molecule has 7 nitrogen and oxygen atoms in total. The summed E-state index contributed by atoms with van der Waals surface area (Å²) in [5.74, 6) is -2.72. The molecule has 0 atom stereocenters. The van der Waals surface area contributed by atoms with Crippen molar-refractivity contribution in [2.75, 3.05) is 6.54 Å². The van der Waals surface area contributed by atoms with Crippen LogP contribution < -0.4 is 5.56 Å². The Morgan fingerprint density at radius 2 is 1.83 bits per heavy atom. The second-order valence-corrected chi connectivity index (χ2v) is 8.64. The normalized spacial score (nSPS) is 13.8. The van der Waals surface area contributed by atoms with E-state index < -0.39 is 23.7 Å². The molecule has 4 aromatic rings. The van der Waals surface area contributed by atoms with Gasteiger partial charge in [0.2, 0.25) is 5.82 Å². The summed E-state index contributed by atoms with van der Waals surface area (Å²) in [6.07, 6.45) is -4.44. The number of H-pyrrole nitrogens is 1. The van der Waals surface area contributed by atoms with Gasteiger partial charge in [0.05, 0.1) is 40.5 Å². The average molecular weight is 520 g/mol. The Labute approximate surface area is 206 Å². The highest BCUT2D eigenvalue weighted by atomic mass is 35.5.